The fourth-order valence-corrected chi connectivity index (χ4v) is 3.94. The lowest BCUT2D eigenvalue weighted by atomic mass is 9.97. The fraction of sp³-hybridized carbons (Fsp3) is 0.182. The number of nitrogens with two attached hydrogens (primary N) is 1. The van der Waals surface area contributed by atoms with Gasteiger partial charge in [0.1, 0.15) is 5.69 Å². The Hall–Kier alpha value is -3.98. The van der Waals surface area contributed by atoms with Crippen LogP contribution in [0.25, 0.3) is 28.0 Å². The van der Waals surface area contributed by atoms with E-state index in [-0.39, 0.29) is 18.0 Å². The van der Waals surface area contributed by atoms with Gasteiger partial charge in [0, 0.05) is 43.4 Å². The van der Waals surface area contributed by atoms with Crippen LogP contribution < -0.4 is 5.73 Å². The zero-order valence-corrected chi connectivity index (χ0v) is 16.6. The normalized spacial score (nSPS) is 18.8. The molecule has 1 atom stereocenters. The number of likely N-dealkylation sites (N-methyl/N-ethyl adjacent to an activating group) is 1. The molecule has 0 aliphatic carbocycles. The summed E-state index contributed by atoms with van der Waals surface area (Å²) in [4.78, 5) is 30.1. The number of aliphatic hydroxyl groups is 1. The van der Waals surface area contributed by atoms with Crippen molar-refractivity contribution in [3.63, 3.8) is 0 Å². The number of amides is 2. The highest BCUT2D eigenvalue weighted by atomic mass is 16.5. The Balaban J connectivity index is 1.56. The smallest absolute Gasteiger partial charge is 0.285 e. The second kappa shape index (κ2) is 6.78. The van der Waals surface area contributed by atoms with Gasteiger partial charge in [-0.25, -0.2) is 4.98 Å². The van der Waals surface area contributed by atoms with Gasteiger partial charge in [-0.15, -0.1) is 0 Å². The van der Waals surface area contributed by atoms with Crippen LogP contribution in [-0.4, -0.2) is 50.0 Å². The van der Waals surface area contributed by atoms with E-state index >= 15 is 0 Å². The van der Waals surface area contributed by atoms with Crippen molar-refractivity contribution in [1.82, 2.24) is 19.4 Å². The molecule has 4 aromatic rings. The van der Waals surface area contributed by atoms with E-state index in [2.05, 4.69) is 10.1 Å². The van der Waals surface area contributed by atoms with Crippen LogP contribution in [0.1, 0.15) is 22.8 Å². The highest BCUT2D eigenvalue weighted by Crippen LogP contribution is 2.35. The summed E-state index contributed by atoms with van der Waals surface area (Å²) in [5.74, 6) is -0.770. The van der Waals surface area contributed by atoms with Gasteiger partial charge in [0.15, 0.2) is 5.76 Å². The zero-order valence-electron chi connectivity index (χ0n) is 16.6. The number of fused-ring (bicyclic) bond motifs is 1. The Kier molecular flexibility index (Phi) is 4.16. The minimum Gasteiger partial charge on any atom is -0.373 e. The summed E-state index contributed by atoms with van der Waals surface area (Å²) in [6.07, 6.45) is 1.98. The lowest BCUT2D eigenvalue weighted by molar-refractivity contribution is -0.144. The number of benzene rings is 1. The van der Waals surface area contributed by atoms with Gasteiger partial charge in [-0.2, -0.15) is 0 Å². The van der Waals surface area contributed by atoms with Crippen LogP contribution in [0.2, 0.25) is 0 Å². The molecule has 1 aliphatic rings. The zero-order chi connectivity index (χ0) is 21.8. The maximum absolute atomic E-state index is 12.3. The van der Waals surface area contributed by atoms with E-state index in [0.29, 0.717) is 23.5 Å². The summed E-state index contributed by atoms with van der Waals surface area (Å²) in [6, 6.07) is 14.5. The molecule has 9 nitrogen and oxygen atoms in total. The molecule has 1 saturated heterocycles. The van der Waals surface area contributed by atoms with E-state index in [1.807, 2.05) is 36.4 Å². The molecule has 0 spiro atoms. The predicted octanol–water partition coefficient (Wildman–Crippen LogP) is 1.80. The van der Waals surface area contributed by atoms with Gasteiger partial charge in [-0.1, -0.05) is 29.4 Å². The monoisotopic (exact) mass is 417 g/mol. The van der Waals surface area contributed by atoms with Crippen LogP contribution in [-0.2, 0) is 10.4 Å². The Morgan fingerprint density at radius 3 is 2.74 bits per heavy atom. The van der Waals surface area contributed by atoms with E-state index in [1.54, 1.807) is 29.8 Å². The Bertz CT molecular complexity index is 1340. The summed E-state index contributed by atoms with van der Waals surface area (Å²) in [6.45, 7) is 0.441. The van der Waals surface area contributed by atoms with Gasteiger partial charge in [0.2, 0.25) is 11.4 Å². The number of imidazole rings is 1. The van der Waals surface area contributed by atoms with E-state index in [0.717, 1.165) is 11.1 Å². The van der Waals surface area contributed by atoms with Crippen LogP contribution in [0.15, 0.2) is 59.3 Å². The van der Waals surface area contributed by atoms with Crippen LogP contribution in [0, 0.1) is 0 Å². The quantitative estimate of drug-likeness (QED) is 0.521. The molecular weight excluding hydrogens is 398 g/mol. The second-order valence-corrected chi connectivity index (χ2v) is 7.60. The molecule has 156 valence electrons. The van der Waals surface area contributed by atoms with Crippen molar-refractivity contribution in [3.05, 3.63) is 66.3 Å². The number of pyridine rings is 1. The molecule has 0 saturated carbocycles. The first kappa shape index (κ1) is 19.0. The molecule has 3 aromatic heterocycles. The van der Waals surface area contributed by atoms with Gasteiger partial charge in [0.05, 0.1) is 11.2 Å². The maximum atomic E-state index is 12.3. The molecule has 1 unspecified atom stereocenters. The molecular formula is C22H19N5O4. The maximum Gasteiger partial charge on any atom is 0.285 e. The minimum atomic E-state index is -1.70. The first-order chi connectivity index (χ1) is 14.9. The van der Waals surface area contributed by atoms with Crippen molar-refractivity contribution in [3.8, 4) is 22.5 Å². The van der Waals surface area contributed by atoms with Crippen molar-refractivity contribution in [2.75, 3.05) is 13.6 Å². The lowest BCUT2D eigenvalue weighted by Gasteiger charge is -2.16. The minimum absolute atomic E-state index is 0.116. The number of carbonyl (C=O) groups excluding carboxylic acids is 2. The average molecular weight is 417 g/mol. The van der Waals surface area contributed by atoms with Crippen LogP contribution in [0.4, 0.5) is 0 Å². The van der Waals surface area contributed by atoms with Crippen molar-refractivity contribution in [1.29, 1.82) is 0 Å². The Labute approximate surface area is 176 Å². The van der Waals surface area contributed by atoms with Crippen LogP contribution in [0.5, 0.6) is 0 Å². The summed E-state index contributed by atoms with van der Waals surface area (Å²) in [5.41, 5.74) is 7.08. The van der Waals surface area contributed by atoms with Gasteiger partial charge in [0.25, 0.3) is 11.8 Å². The Morgan fingerprint density at radius 2 is 2.00 bits per heavy atom. The summed E-state index contributed by atoms with van der Waals surface area (Å²) >= 11 is 0. The summed E-state index contributed by atoms with van der Waals surface area (Å²) in [7, 11) is 1.64. The number of carbonyl (C=O) groups is 2. The largest absolute Gasteiger partial charge is 0.373 e. The van der Waals surface area contributed by atoms with Crippen molar-refractivity contribution < 1.29 is 19.2 Å². The fourth-order valence-electron chi connectivity index (χ4n) is 3.94. The molecule has 9 heteroatoms. The lowest BCUT2D eigenvalue weighted by Crippen LogP contribution is -2.35. The molecule has 4 heterocycles. The van der Waals surface area contributed by atoms with E-state index in [1.165, 1.54) is 4.90 Å². The third-order valence-corrected chi connectivity index (χ3v) is 5.63. The number of primary amides is 1. The highest BCUT2D eigenvalue weighted by molar-refractivity contribution is 5.93. The molecule has 3 N–H and O–H groups in total. The van der Waals surface area contributed by atoms with Gasteiger partial charge >= 0.3 is 0 Å². The topological polar surface area (TPSA) is 127 Å². The summed E-state index contributed by atoms with van der Waals surface area (Å²) in [5, 5.41) is 14.8. The predicted molar refractivity (Wildman–Crippen MR) is 111 cm³/mol. The van der Waals surface area contributed by atoms with Crippen LogP contribution >= 0.6 is 0 Å². The number of likely N-dealkylation sites (tertiary alicyclic amines) is 1. The van der Waals surface area contributed by atoms with Crippen molar-refractivity contribution in [2.45, 2.75) is 12.0 Å². The highest BCUT2D eigenvalue weighted by Gasteiger charge is 2.48. The number of nitrogens with zero attached hydrogens (tertiary/aromatic N) is 4. The molecule has 31 heavy (non-hydrogen) atoms. The first-order valence-electron chi connectivity index (χ1n) is 9.71. The van der Waals surface area contributed by atoms with E-state index < -0.39 is 17.4 Å². The van der Waals surface area contributed by atoms with Gasteiger partial charge < -0.3 is 20.3 Å². The molecule has 0 radical (unpaired) electrons. The first-order valence-corrected chi connectivity index (χ1v) is 9.71. The molecule has 5 rings (SSSR count). The average Bonchev–Trinajstić information content (AvgIpc) is 3.48. The number of rotatable bonds is 4. The molecule has 1 fully saturated rings. The third kappa shape index (κ3) is 2.89. The standard InChI is InChI=1S/C22H19N5O4/c1-26-10-8-22(30,21(26)29)17-12-15(25-31-17)13-5-4-6-14(11-13)18-16-7-2-3-9-27(16)20(24-18)19(23)28/h2-7,9,11-12,30H,8,10H2,1H3,(H2,23,28). The summed E-state index contributed by atoms with van der Waals surface area (Å²) < 4.78 is 7.00. The molecule has 2 amide bonds. The van der Waals surface area contributed by atoms with E-state index in [9.17, 15) is 14.7 Å². The molecule has 1 aliphatic heterocycles. The van der Waals surface area contributed by atoms with E-state index in [4.69, 9.17) is 10.3 Å². The Morgan fingerprint density at radius 1 is 1.19 bits per heavy atom. The molecule has 1 aromatic carbocycles. The number of hydrogen-bond acceptors (Lipinski definition) is 6. The SMILES string of the molecule is CN1CCC(O)(c2cc(-c3cccc(-c4nc(C(N)=O)n5ccccc45)c3)no2)C1=O. The van der Waals surface area contributed by atoms with Crippen molar-refractivity contribution >= 4 is 17.3 Å². The van der Waals surface area contributed by atoms with Crippen LogP contribution in [0.3, 0.4) is 0 Å². The number of aromatic nitrogens is 3. The van der Waals surface area contributed by atoms with Crippen molar-refractivity contribution in [2.24, 2.45) is 5.73 Å². The third-order valence-electron chi connectivity index (χ3n) is 5.63. The molecule has 0 bridgehead atoms. The van der Waals surface area contributed by atoms with Gasteiger partial charge in [-0.3, -0.25) is 14.0 Å². The second-order valence-electron chi connectivity index (χ2n) is 7.60. The number of hydrogen-bond donors (Lipinski definition) is 2. The van der Waals surface area contributed by atoms with Gasteiger partial charge in [-0.05, 0) is 18.2 Å².